The average molecular weight is 432 g/mol. The molecule has 0 saturated heterocycles. The third kappa shape index (κ3) is 4.44. The predicted octanol–water partition coefficient (Wildman–Crippen LogP) is 6.16. The number of benzene rings is 2. The lowest BCUT2D eigenvalue weighted by Gasteiger charge is -2.06. The van der Waals surface area contributed by atoms with Crippen LogP contribution in [-0.2, 0) is 9.53 Å². The van der Waals surface area contributed by atoms with Gasteiger partial charge in [-0.15, -0.1) is 11.3 Å². The molecule has 0 radical (unpaired) electrons. The first kappa shape index (κ1) is 20.1. The van der Waals surface area contributed by atoms with Gasteiger partial charge in [0.05, 0.1) is 7.11 Å². The summed E-state index contributed by atoms with van der Waals surface area (Å²) >= 11 is 13.5. The van der Waals surface area contributed by atoms with E-state index in [4.69, 9.17) is 27.9 Å². The van der Waals surface area contributed by atoms with E-state index in [1.165, 1.54) is 30.6 Å². The Morgan fingerprint density at radius 2 is 1.71 bits per heavy atom. The molecule has 7 heteroatoms. The fourth-order valence-corrected chi connectivity index (χ4v) is 4.05. The summed E-state index contributed by atoms with van der Waals surface area (Å²) in [5.74, 6) is -0.934. The highest BCUT2D eigenvalue weighted by Crippen LogP contribution is 2.36. The minimum atomic E-state index is -0.520. The maximum atomic E-state index is 12.4. The lowest BCUT2D eigenvalue weighted by molar-refractivity contribution is -0.111. The Labute approximate surface area is 176 Å². The molecule has 142 valence electrons. The summed E-state index contributed by atoms with van der Waals surface area (Å²) in [5, 5.41) is 5.83. The first-order valence-electron chi connectivity index (χ1n) is 8.19. The highest BCUT2D eigenvalue weighted by atomic mass is 35.5. The number of carbonyl (C=O) groups excluding carboxylic acids is 2. The van der Waals surface area contributed by atoms with Crippen molar-refractivity contribution in [3.63, 3.8) is 0 Å². The number of halogens is 2. The number of ether oxygens (including phenoxy) is 1. The van der Waals surface area contributed by atoms with Gasteiger partial charge in [-0.1, -0.05) is 59.6 Å². The van der Waals surface area contributed by atoms with Crippen molar-refractivity contribution in [3.05, 3.63) is 81.2 Å². The number of esters is 1. The second kappa shape index (κ2) is 9.06. The van der Waals surface area contributed by atoms with Crippen LogP contribution in [0, 0.1) is 0 Å². The molecule has 1 amide bonds. The summed E-state index contributed by atoms with van der Waals surface area (Å²) in [5.41, 5.74) is 2.42. The van der Waals surface area contributed by atoms with Crippen molar-refractivity contribution in [1.82, 2.24) is 0 Å². The number of carbonyl (C=O) groups is 2. The van der Waals surface area contributed by atoms with E-state index in [2.05, 4.69) is 5.32 Å². The number of thiophene rings is 1. The van der Waals surface area contributed by atoms with Crippen LogP contribution in [0.2, 0.25) is 10.0 Å². The van der Waals surface area contributed by atoms with Crippen LogP contribution in [0.15, 0.2) is 60.0 Å². The number of amides is 1. The summed E-state index contributed by atoms with van der Waals surface area (Å²) in [4.78, 5) is 24.7. The van der Waals surface area contributed by atoms with E-state index >= 15 is 0 Å². The molecule has 0 unspecified atom stereocenters. The van der Waals surface area contributed by atoms with E-state index in [9.17, 15) is 9.59 Å². The van der Waals surface area contributed by atoms with Gasteiger partial charge in [0, 0.05) is 32.6 Å². The Balaban J connectivity index is 1.88. The van der Waals surface area contributed by atoms with Gasteiger partial charge in [-0.2, -0.15) is 0 Å². The smallest absolute Gasteiger partial charge is 0.341 e. The standard InChI is InChI=1S/C21H15Cl2NO3S/c1-27-21(26)19-15(13-6-3-2-4-7-13)12-28-20(19)24-18(25)11-10-14-16(22)8-5-9-17(14)23/h2-12H,1H3,(H,24,25)/b11-10+. The number of nitrogens with one attached hydrogen (secondary N) is 1. The van der Waals surface area contributed by atoms with E-state index in [0.29, 0.717) is 31.7 Å². The first-order chi connectivity index (χ1) is 13.5. The Morgan fingerprint density at radius 1 is 1.04 bits per heavy atom. The number of anilines is 1. The van der Waals surface area contributed by atoms with Crippen molar-refractivity contribution in [1.29, 1.82) is 0 Å². The zero-order chi connectivity index (χ0) is 20.1. The molecule has 3 aromatic rings. The van der Waals surface area contributed by atoms with Gasteiger partial charge in [0.15, 0.2) is 0 Å². The molecule has 0 fully saturated rings. The molecular formula is C21H15Cl2NO3S. The first-order valence-corrected chi connectivity index (χ1v) is 9.83. The highest BCUT2D eigenvalue weighted by molar-refractivity contribution is 7.15. The van der Waals surface area contributed by atoms with Gasteiger partial charge in [0.1, 0.15) is 10.6 Å². The second-order valence-electron chi connectivity index (χ2n) is 5.67. The van der Waals surface area contributed by atoms with Crippen molar-refractivity contribution in [2.75, 3.05) is 12.4 Å². The van der Waals surface area contributed by atoms with Crippen LogP contribution in [0.3, 0.4) is 0 Å². The Hall–Kier alpha value is -2.60. The zero-order valence-electron chi connectivity index (χ0n) is 14.7. The van der Waals surface area contributed by atoms with Crippen molar-refractivity contribution >= 4 is 57.5 Å². The monoisotopic (exact) mass is 431 g/mol. The van der Waals surface area contributed by atoms with Crippen LogP contribution in [0.4, 0.5) is 5.00 Å². The van der Waals surface area contributed by atoms with E-state index in [0.717, 1.165) is 5.56 Å². The zero-order valence-corrected chi connectivity index (χ0v) is 17.1. The van der Waals surface area contributed by atoms with Crippen LogP contribution >= 0.6 is 34.5 Å². The van der Waals surface area contributed by atoms with E-state index in [-0.39, 0.29) is 0 Å². The van der Waals surface area contributed by atoms with Gasteiger partial charge in [0.25, 0.3) is 0 Å². The fraction of sp³-hybridized carbons (Fsp3) is 0.0476. The Morgan fingerprint density at radius 3 is 2.36 bits per heavy atom. The van der Waals surface area contributed by atoms with Gasteiger partial charge in [-0.3, -0.25) is 4.79 Å². The molecule has 0 aliphatic heterocycles. The lowest BCUT2D eigenvalue weighted by Crippen LogP contribution is -2.11. The molecule has 0 atom stereocenters. The molecular weight excluding hydrogens is 417 g/mol. The third-order valence-corrected chi connectivity index (χ3v) is 5.46. The normalized spacial score (nSPS) is 10.8. The fourth-order valence-electron chi connectivity index (χ4n) is 2.57. The summed E-state index contributed by atoms with van der Waals surface area (Å²) in [6.45, 7) is 0. The quantitative estimate of drug-likeness (QED) is 0.388. The highest BCUT2D eigenvalue weighted by Gasteiger charge is 2.21. The second-order valence-corrected chi connectivity index (χ2v) is 7.36. The van der Waals surface area contributed by atoms with Crippen molar-refractivity contribution in [3.8, 4) is 11.1 Å². The Bertz CT molecular complexity index is 1020. The topological polar surface area (TPSA) is 55.4 Å². The lowest BCUT2D eigenvalue weighted by atomic mass is 10.0. The molecule has 2 aromatic carbocycles. The van der Waals surface area contributed by atoms with Crippen LogP contribution in [0.5, 0.6) is 0 Å². The van der Waals surface area contributed by atoms with Gasteiger partial charge >= 0.3 is 5.97 Å². The van der Waals surface area contributed by atoms with Gasteiger partial charge in [-0.05, 0) is 23.8 Å². The number of hydrogen-bond donors (Lipinski definition) is 1. The summed E-state index contributed by atoms with van der Waals surface area (Å²) in [6, 6.07) is 14.5. The number of methoxy groups -OCH3 is 1. The van der Waals surface area contributed by atoms with E-state index in [1.54, 1.807) is 18.2 Å². The van der Waals surface area contributed by atoms with Crippen molar-refractivity contribution < 1.29 is 14.3 Å². The molecule has 0 aliphatic rings. The molecule has 0 bridgehead atoms. The molecule has 0 saturated carbocycles. The van der Waals surface area contributed by atoms with Crippen LogP contribution in [0.1, 0.15) is 15.9 Å². The summed E-state index contributed by atoms with van der Waals surface area (Å²) in [7, 11) is 1.31. The van der Waals surface area contributed by atoms with Gasteiger partial charge in [-0.25, -0.2) is 4.79 Å². The minimum absolute atomic E-state index is 0.316. The molecule has 28 heavy (non-hydrogen) atoms. The number of rotatable bonds is 5. The molecule has 4 nitrogen and oxygen atoms in total. The van der Waals surface area contributed by atoms with Gasteiger partial charge in [0.2, 0.25) is 5.91 Å². The predicted molar refractivity (Wildman–Crippen MR) is 115 cm³/mol. The molecule has 1 heterocycles. The maximum Gasteiger partial charge on any atom is 0.341 e. The average Bonchev–Trinajstić information content (AvgIpc) is 3.11. The SMILES string of the molecule is COC(=O)c1c(-c2ccccc2)csc1NC(=O)/C=C/c1c(Cl)cccc1Cl. The van der Waals surface area contributed by atoms with E-state index in [1.807, 2.05) is 35.7 Å². The van der Waals surface area contributed by atoms with Crippen molar-refractivity contribution in [2.45, 2.75) is 0 Å². The van der Waals surface area contributed by atoms with Crippen LogP contribution in [-0.4, -0.2) is 19.0 Å². The largest absolute Gasteiger partial charge is 0.465 e. The minimum Gasteiger partial charge on any atom is -0.465 e. The molecule has 1 N–H and O–H groups in total. The third-order valence-electron chi connectivity index (χ3n) is 3.90. The molecule has 0 aliphatic carbocycles. The van der Waals surface area contributed by atoms with Gasteiger partial charge < -0.3 is 10.1 Å². The van der Waals surface area contributed by atoms with Crippen LogP contribution in [0.25, 0.3) is 17.2 Å². The molecule has 1 aromatic heterocycles. The Kier molecular flexibility index (Phi) is 6.52. The maximum absolute atomic E-state index is 12.4. The summed E-state index contributed by atoms with van der Waals surface area (Å²) < 4.78 is 4.90. The van der Waals surface area contributed by atoms with Crippen molar-refractivity contribution in [2.24, 2.45) is 0 Å². The van der Waals surface area contributed by atoms with E-state index < -0.39 is 11.9 Å². The summed E-state index contributed by atoms with van der Waals surface area (Å²) in [6.07, 6.45) is 2.85. The molecule has 3 rings (SSSR count). The molecule has 0 spiro atoms. The number of hydrogen-bond acceptors (Lipinski definition) is 4. The van der Waals surface area contributed by atoms with Crippen LogP contribution < -0.4 is 5.32 Å².